The van der Waals surface area contributed by atoms with Crippen LogP contribution in [0.4, 0.5) is 35.1 Å². The lowest BCUT2D eigenvalue weighted by atomic mass is 10.0. The number of carbonyl (C=O) groups excluding carboxylic acids is 1. The van der Waals surface area contributed by atoms with Crippen molar-refractivity contribution in [1.82, 2.24) is 34.4 Å². The predicted molar refractivity (Wildman–Crippen MR) is 133 cm³/mol. The van der Waals surface area contributed by atoms with Gasteiger partial charge in [0.15, 0.2) is 17.8 Å². The van der Waals surface area contributed by atoms with Gasteiger partial charge in [0.1, 0.15) is 30.7 Å². The molecule has 19 heteroatoms. The Morgan fingerprint density at radius 2 is 1.79 bits per heavy atom. The Morgan fingerprint density at radius 3 is 2.40 bits per heavy atom. The van der Waals surface area contributed by atoms with E-state index in [2.05, 4.69) is 20.2 Å². The molecule has 1 N–H and O–H groups in total. The molecule has 230 valence electrons. The number of rotatable bonds is 8. The van der Waals surface area contributed by atoms with Crippen LogP contribution in [-0.4, -0.2) is 65.6 Å². The van der Waals surface area contributed by atoms with Crippen LogP contribution in [0.2, 0.25) is 5.02 Å². The van der Waals surface area contributed by atoms with Crippen LogP contribution in [0.25, 0.3) is 11.4 Å². The average Bonchev–Trinajstić information content (AvgIpc) is 3.21. The SMILES string of the molecule is O=C(NC(Cn1c(-c2ccc(Cl)cc2)nn(Cc2ncn(C3N=CC=CC3C(F)(F)F)n2)c1=O)C(F)(F)F)C1CC1(F)F. The molecule has 2 aromatic heterocycles. The number of alkyl halides is 8. The summed E-state index contributed by atoms with van der Waals surface area (Å²) in [5.41, 5.74) is -0.996. The van der Waals surface area contributed by atoms with Crippen molar-refractivity contribution in [2.45, 2.75) is 50.0 Å². The van der Waals surface area contributed by atoms with Gasteiger partial charge in [-0.2, -0.15) is 31.4 Å². The fourth-order valence-electron chi connectivity index (χ4n) is 4.36. The summed E-state index contributed by atoms with van der Waals surface area (Å²) < 4.78 is 111. The first-order valence-corrected chi connectivity index (χ1v) is 12.8. The van der Waals surface area contributed by atoms with Crippen molar-refractivity contribution in [3.05, 3.63) is 64.1 Å². The van der Waals surface area contributed by atoms with E-state index in [1.54, 1.807) is 5.32 Å². The molecule has 1 aromatic carbocycles. The summed E-state index contributed by atoms with van der Waals surface area (Å²) in [6.07, 6.45) is -8.10. The monoisotopic (exact) mass is 638 g/mol. The fraction of sp³-hybridized carbons (Fsp3) is 0.417. The number of hydrogen-bond acceptors (Lipinski definition) is 6. The van der Waals surface area contributed by atoms with Crippen molar-refractivity contribution in [2.75, 3.05) is 0 Å². The van der Waals surface area contributed by atoms with Crippen LogP contribution in [0.3, 0.4) is 0 Å². The van der Waals surface area contributed by atoms with Crippen LogP contribution in [0.1, 0.15) is 18.4 Å². The van der Waals surface area contributed by atoms with Crippen molar-refractivity contribution < 1.29 is 39.9 Å². The standard InChI is InChI=1S/C24H19ClF8N8O2/c25-13-5-3-12(4-6-13)18-38-40(10-17-35-11-41(37-17)19-14(23(28,29)30)2-1-7-34-19)21(43)39(18)9-16(24(31,32)33)36-20(42)15-8-22(15,26)27/h1-7,11,14-16,19H,8-10H2,(H,36,42). The molecular weight excluding hydrogens is 620 g/mol. The lowest BCUT2D eigenvalue weighted by Gasteiger charge is -2.25. The molecule has 4 atom stereocenters. The summed E-state index contributed by atoms with van der Waals surface area (Å²) >= 11 is 5.89. The fourth-order valence-corrected chi connectivity index (χ4v) is 4.49. The van der Waals surface area contributed by atoms with Crippen LogP contribution in [0.5, 0.6) is 0 Å². The summed E-state index contributed by atoms with van der Waals surface area (Å²) in [7, 11) is 0. The summed E-state index contributed by atoms with van der Waals surface area (Å²) in [4.78, 5) is 33.1. The second-order valence-electron chi connectivity index (χ2n) is 9.81. The highest BCUT2D eigenvalue weighted by molar-refractivity contribution is 6.30. The maximum atomic E-state index is 13.9. The Hall–Kier alpha value is -4.09. The summed E-state index contributed by atoms with van der Waals surface area (Å²) in [6.45, 7) is -1.80. The molecule has 4 unspecified atom stereocenters. The number of halogens is 9. The first-order chi connectivity index (χ1) is 20.0. The van der Waals surface area contributed by atoms with Gasteiger partial charge in [-0.3, -0.25) is 14.4 Å². The van der Waals surface area contributed by atoms with E-state index in [9.17, 15) is 44.7 Å². The molecule has 1 saturated carbocycles. The average molecular weight is 639 g/mol. The number of carbonyl (C=O) groups is 1. The van der Waals surface area contributed by atoms with Gasteiger partial charge in [-0.05, 0) is 30.3 Å². The Labute approximate surface area is 240 Å². The maximum absolute atomic E-state index is 13.9. The van der Waals surface area contributed by atoms with Crippen LogP contribution in [0.15, 0.2) is 52.5 Å². The van der Waals surface area contributed by atoms with E-state index in [1.165, 1.54) is 24.3 Å². The number of aliphatic imine (C=N–C) groups is 1. The molecule has 3 aromatic rings. The molecule has 5 rings (SSSR count). The van der Waals surface area contributed by atoms with E-state index in [1.807, 2.05) is 0 Å². The zero-order chi connectivity index (χ0) is 31.3. The molecule has 0 radical (unpaired) electrons. The van der Waals surface area contributed by atoms with Gasteiger partial charge in [0.2, 0.25) is 5.91 Å². The zero-order valence-corrected chi connectivity index (χ0v) is 22.2. The van der Waals surface area contributed by atoms with Gasteiger partial charge < -0.3 is 5.32 Å². The second-order valence-corrected chi connectivity index (χ2v) is 10.2. The van der Waals surface area contributed by atoms with Crippen molar-refractivity contribution in [3.63, 3.8) is 0 Å². The van der Waals surface area contributed by atoms with E-state index >= 15 is 0 Å². The van der Waals surface area contributed by atoms with E-state index in [0.717, 1.165) is 29.4 Å². The minimum absolute atomic E-state index is 0.135. The largest absolute Gasteiger partial charge is 0.410 e. The number of amides is 1. The molecule has 0 spiro atoms. The van der Waals surface area contributed by atoms with Gasteiger partial charge in [-0.1, -0.05) is 17.7 Å². The zero-order valence-electron chi connectivity index (χ0n) is 21.4. The normalized spacial score (nSPS) is 22.0. The summed E-state index contributed by atoms with van der Waals surface area (Å²) in [5.74, 6) is -9.40. The van der Waals surface area contributed by atoms with Crippen molar-refractivity contribution >= 4 is 23.7 Å². The van der Waals surface area contributed by atoms with Gasteiger partial charge in [0.25, 0.3) is 5.92 Å². The number of aromatic nitrogens is 6. The third-order valence-corrected chi connectivity index (χ3v) is 6.96. The van der Waals surface area contributed by atoms with Gasteiger partial charge in [0.05, 0.1) is 6.54 Å². The number of dihydropyridines is 1. The molecule has 0 saturated heterocycles. The Morgan fingerprint density at radius 1 is 1.12 bits per heavy atom. The number of nitrogens with one attached hydrogen (secondary N) is 1. The molecule has 2 aliphatic rings. The molecule has 1 amide bonds. The number of allylic oxidation sites excluding steroid dienone is 1. The first kappa shape index (κ1) is 30.4. The van der Waals surface area contributed by atoms with Crippen molar-refractivity contribution in [2.24, 2.45) is 16.8 Å². The van der Waals surface area contributed by atoms with Crippen LogP contribution < -0.4 is 11.0 Å². The third-order valence-electron chi connectivity index (χ3n) is 6.71. The first-order valence-electron chi connectivity index (χ1n) is 12.4. The van der Waals surface area contributed by atoms with Gasteiger partial charge in [-0.25, -0.2) is 27.9 Å². The minimum atomic E-state index is -5.15. The minimum Gasteiger partial charge on any atom is -0.343 e. The van der Waals surface area contributed by atoms with Gasteiger partial charge in [0, 0.05) is 23.2 Å². The van der Waals surface area contributed by atoms with Crippen LogP contribution in [0, 0.1) is 11.8 Å². The van der Waals surface area contributed by atoms with Crippen LogP contribution in [-0.2, 0) is 17.9 Å². The summed E-state index contributed by atoms with van der Waals surface area (Å²) in [5, 5.41) is 9.85. The summed E-state index contributed by atoms with van der Waals surface area (Å²) in [6, 6.07) is 2.72. The van der Waals surface area contributed by atoms with Crippen molar-refractivity contribution in [1.29, 1.82) is 0 Å². The number of hydrogen-bond donors (Lipinski definition) is 1. The molecule has 10 nitrogen and oxygen atoms in total. The molecule has 3 heterocycles. The van der Waals surface area contributed by atoms with Crippen molar-refractivity contribution in [3.8, 4) is 11.4 Å². The molecule has 1 aliphatic heterocycles. The van der Waals surface area contributed by atoms with Gasteiger partial charge in [-0.15, -0.1) is 5.10 Å². The highest BCUT2D eigenvalue weighted by Crippen LogP contribution is 2.48. The smallest absolute Gasteiger partial charge is 0.343 e. The Balaban J connectivity index is 1.46. The predicted octanol–water partition coefficient (Wildman–Crippen LogP) is 4.03. The molecule has 1 fully saturated rings. The third kappa shape index (κ3) is 6.47. The molecule has 43 heavy (non-hydrogen) atoms. The second kappa shape index (κ2) is 10.9. The molecular formula is C24H19ClF8N8O2. The quantitative estimate of drug-likeness (QED) is 0.375. The van der Waals surface area contributed by atoms with E-state index < -0.39 is 73.4 Å². The molecule has 0 bridgehead atoms. The Bertz CT molecular complexity index is 1620. The lowest BCUT2D eigenvalue weighted by molar-refractivity contribution is -0.172. The van der Waals surface area contributed by atoms with Gasteiger partial charge >= 0.3 is 18.0 Å². The molecule has 1 aliphatic carbocycles. The highest BCUT2D eigenvalue weighted by atomic mass is 35.5. The van der Waals surface area contributed by atoms with E-state index in [4.69, 9.17) is 11.6 Å². The number of nitrogens with zero attached hydrogens (tertiary/aromatic N) is 7. The number of benzene rings is 1. The topological polar surface area (TPSA) is 112 Å². The van der Waals surface area contributed by atoms with Crippen LogP contribution >= 0.6 is 11.6 Å². The Kier molecular flexibility index (Phi) is 7.68. The lowest BCUT2D eigenvalue weighted by Crippen LogP contribution is -2.50. The highest BCUT2D eigenvalue weighted by Gasteiger charge is 2.62. The maximum Gasteiger partial charge on any atom is 0.410 e. The van der Waals surface area contributed by atoms with E-state index in [-0.39, 0.29) is 22.2 Å². The van der Waals surface area contributed by atoms with E-state index in [0.29, 0.717) is 9.25 Å².